The highest BCUT2D eigenvalue weighted by Gasteiger charge is 2.32. The summed E-state index contributed by atoms with van der Waals surface area (Å²) in [5.41, 5.74) is 6.82. The fraction of sp³-hybridized carbons (Fsp3) is 0.494. The lowest BCUT2D eigenvalue weighted by atomic mass is 9.96. The average Bonchev–Trinajstić information content (AvgIpc) is 0.884. The molecule has 0 spiro atoms. The number of alkyl carbamates (subject to hydrolysis) is 1. The lowest BCUT2D eigenvalue weighted by Gasteiger charge is -2.23. The lowest BCUT2D eigenvalue weighted by molar-refractivity contribution is -0.184. The van der Waals surface area contributed by atoms with Gasteiger partial charge in [0.15, 0.2) is 15.3 Å². The Labute approximate surface area is 734 Å². The molecular weight excluding hydrogens is 1650 g/mol. The summed E-state index contributed by atoms with van der Waals surface area (Å²) in [5, 5.41) is 66.6. The van der Waals surface area contributed by atoms with Crippen LogP contribution in [0.25, 0.3) is 0 Å². The van der Waals surface area contributed by atoms with Crippen molar-refractivity contribution in [2.45, 2.75) is 199 Å². The van der Waals surface area contributed by atoms with E-state index in [2.05, 4.69) is 10.2 Å². The van der Waals surface area contributed by atoms with Gasteiger partial charge < -0.3 is 45.5 Å². The summed E-state index contributed by atoms with van der Waals surface area (Å²) in [6.07, 6.45) is 3.57. The van der Waals surface area contributed by atoms with Gasteiger partial charge in [-0.1, -0.05) is 242 Å². The molecule has 10 N–H and O–H groups in total. The Hall–Kier alpha value is -10.5. The van der Waals surface area contributed by atoms with Crippen molar-refractivity contribution >= 4 is 123 Å². The largest absolute Gasteiger partial charge is 0.481 e. The Morgan fingerprint density at radius 3 is 1.10 bits per heavy atom. The fourth-order valence-electron chi connectivity index (χ4n) is 10.2. The summed E-state index contributed by atoms with van der Waals surface area (Å²) in [6, 6.07) is 46.6. The van der Waals surface area contributed by atoms with Gasteiger partial charge in [0.2, 0.25) is 18.7 Å². The second-order valence-electron chi connectivity index (χ2n) is 31.8. The first-order valence-electron chi connectivity index (χ1n) is 39.7. The fourth-order valence-corrected chi connectivity index (χ4v) is 12.6. The number of aliphatic carboxylic acids is 6. The van der Waals surface area contributed by atoms with Gasteiger partial charge in [-0.25, -0.2) is 25.2 Å². The summed E-state index contributed by atoms with van der Waals surface area (Å²) in [7, 11) is 0. The number of carbonyl (C=O) groups is 15. The zero-order valence-corrected chi connectivity index (χ0v) is 75.8. The van der Waals surface area contributed by atoms with Crippen LogP contribution >= 0.6 is 35.3 Å². The van der Waals surface area contributed by atoms with Gasteiger partial charge in [-0.3, -0.25) is 77.2 Å². The molecule has 0 fully saturated rings. The number of carbonyl (C=O) groups excluding carboxylic acids is 9. The molecule has 7 atom stereocenters. The van der Waals surface area contributed by atoms with Gasteiger partial charge >= 0.3 is 47.9 Å². The minimum Gasteiger partial charge on any atom is -0.481 e. The molecule has 123 heavy (non-hydrogen) atoms. The Morgan fingerprint density at radius 1 is 0.431 bits per heavy atom. The minimum atomic E-state index is -1.23. The third kappa shape index (κ3) is 61.4. The molecule has 0 aliphatic rings. The third-order valence-corrected chi connectivity index (χ3v) is 19.1. The van der Waals surface area contributed by atoms with E-state index in [0.29, 0.717) is 74.7 Å². The van der Waals surface area contributed by atoms with Crippen molar-refractivity contribution in [2.75, 3.05) is 24.6 Å². The van der Waals surface area contributed by atoms with E-state index in [-0.39, 0.29) is 66.3 Å². The molecule has 0 saturated carbocycles. The molecule has 5 aromatic carbocycles. The van der Waals surface area contributed by atoms with Crippen LogP contribution in [0.3, 0.4) is 0 Å². The topological polar surface area (TPSA) is 477 Å². The maximum Gasteiger partial charge on any atom is 0.407 e. The number of carboxylic acid groups (broad SMARTS) is 6. The van der Waals surface area contributed by atoms with Crippen molar-refractivity contribution in [3.05, 3.63) is 179 Å². The highest BCUT2D eigenvalue weighted by molar-refractivity contribution is 8.14. The number of hydrogen-bond donors (Lipinski definition) is 10. The highest BCUT2D eigenvalue weighted by atomic mass is 32.2. The van der Waals surface area contributed by atoms with Gasteiger partial charge in [0.05, 0.1) is 42.2 Å². The Bertz CT molecular complexity index is 3950. The van der Waals surface area contributed by atoms with E-state index in [1.165, 1.54) is 20.8 Å². The van der Waals surface area contributed by atoms with Gasteiger partial charge in [0, 0.05) is 44.7 Å². The number of hydrogen-bond acceptors (Lipinski definition) is 23. The number of amides is 5. The zero-order valence-electron chi connectivity index (χ0n) is 73.3. The second kappa shape index (κ2) is 64.3. The number of rotatable bonds is 41. The van der Waals surface area contributed by atoms with E-state index in [9.17, 15) is 77.0 Å². The van der Waals surface area contributed by atoms with E-state index in [0.717, 1.165) is 73.2 Å². The summed E-state index contributed by atoms with van der Waals surface area (Å²) in [4.78, 5) is 181. The first kappa shape index (κ1) is 115. The van der Waals surface area contributed by atoms with Gasteiger partial charge in [-0.2, -0.15) is 5.48 Å². The Morgan fingerprint density at radius 2 is 0.780 bits per heavy atom. The molecule has 7 unspecified atom stereocenters. The predicted molar refractivity (Wildman–Crippen MR) is 469 cm³/mol. The second-order valence-corrected chi connectivity index (χ2v) is 35.6. The van der Waals surface area contributed by atoms with Crippen molar-refractivity contribution in [1.82, 2.24) is 26.4 Å². The molecule has 34 heteroatoms. The molecule has 5 aromatic rings. The average molecular weight is 1780 g/mol. The highest BCUT2D eigenvalue weighted by Crippen LogP contribution is 2.23. The molecule has 0 aliphatic carbocycles. The van der Waals surface area contributed by atoms with Crippen LogP contribution in [0.4, 0.5) is 4.79 Å². The zero-order chi connectivity index (χ0) is 94.0. The van der Waals surface area contributed by atoms with E-state index >= 15 is 0 Å². The number of carboxylic acids is 6. The summed E-state index contributed by atoms with van der Waals surface area (Å²) >= 11 is 3.05. The Balaban J connectivity index is 0. The Kier molecular flexibility index (Phi) is 59.9. The van der Waals surface area contributed by atoms with E-state index in [4.69, 9.17) is 45.2 Å². The molecule has 682 valence electrons. The third-order valence-electron chi connectivity index (χ3n) is 16.1. The van der Waals surface area contributed by atoms with Gasteiger partial charge in [0.1, 0.15) is 30.0 Å². The van der Waals surface area contributed by atoms with Crippen LogP contribution in [-0.4, -0.2) is 175 Å². The maximum atomic E-state index is 11.8. The normalized spacial score (nSPS) is 12.4. The first-order chi connectivity index (χ1) is 57.5. The van der Waals surface area contributed by atoms with Crippen LogP contribution in [-0.2, 0) is 119 Å². The molecule has 31 nitrogen and oxygen atoms in total. The van der Waals surface area contributed by atoms with Crippen LogP contribution in [0.5, 0.6) is 0 Å². The molecule has 0 bridgehead atoms. The van der Waals surface area contributed by atoms with Crippen LogP contribution in [0.2, 0.25) is 0 Å². The van der Waals surface area contributed by atoms with Crippen molar-refractivity contribution in [2.24, 2.45) is 58.7 Å². The van der Waals surface area contributed by atoms with Crippen LogP contribution < -0.4 is 16.3 Å². The number of nitrogens with one attached hydrogen (secondary N) is 3. The number of thioether (sulfide) groups is 3. The summed E-state index contributed by atoms with van der Waals surface area (Å²) in [6.45, 7) is 30.4. The van der Waals surface area contributed by atoms with Crippen LogP contribution in [0.1, 0.15) is 178 Å². The minimum absolute atomic E-state index is 0.000557. The van der Waals surface area contributed by atoms with Crippen molar-refractivity contribution in [3.8, 4) is 0 Å². The molecule has 0 aliphatic heterocycles. The molecule has 5 rings (SSSR count). The number of benzene rings is 5. The molecule has 0 saturated heterocycles. The van der Waals surface area contributed by atoms with E-state index in [1.807, 2.05) is 213 Å². The van der Waals surface area contributed by atoms with E-state index < -0.39 is 112 Å². The van der Waals surface area contributed by atoms with Gasteiger partial charge in [-0.15, -0.1) is 0 Å². The van der Waals surface area contributed by atoms with Crippen molar-refractivity contribution in [1.29, 1.82) is 0 Å². The smallest absolute Gasteiger partial charge is 0.407 e. The molecule has 5 amide bonds. The predicted octanol–water partition coefficient (Wildman–Crippen LogP) is 14.2. The van der Waals surface area contributed by atoms with Crippen LogP contribution in [0.15, 0.2) is 152 Å². The number of nitrogens with zero attached hydrogens (tertiary/aromatic N) is 2. The molecule has 0 radical (unpaired) electrons. The molecule has 0 aromatic heterocycles. The molecular formula is C89H127N5O26S3. The van der Waals surface area contributed by atoms with Crippen LogP contribution in [0, 0.1) is 58.7 Å². The summed E-state index contributed by atoms with van der Waals surface area (Å²) in [5.74, 6) is -9.40. The van der Waals surface area contributed by atoms with Crippen molar-refractivity contribution < 1.29 is 127 Å². The SMILES string of the molecule is CC(=O)SC(CC(C)C)C(=O)O.CC(=O)SCC(CC(C)C)C(=O)O.CC(=O)SCC(Cc1ccccc1)C(=O)O.CC(C)(C)OC(=O)NC(CC(=O)NO)Cc1ccccc1.CC(C)CC(C(=O)O)C(=O)NOC(=O)C(C)(C)C.CC(C)CC(CN(C=O)OCc1ccccc1)C(=O)O.O=CN(CC(Cc1ccccc1)C(=O)O)OCc1ccccc1. The molecule has 0 heterocycles. The van der Waals surface area contributed by atoms with Gasteiger partial charge in [0.25, 0.3) is 5.91 Å². The maximum absolute atomic E-state index is 11.8. The first-order valence-corrected chi connectivity index (χ1v) is 42.5. The quantitative estimate of drug-likeness (QED) is 0.00752. The van der Waals surface area contributed by atoms with E-state index in [1.54, 1.807) is 47.0 Å². The van der Waals surface area contributed by atoms with Gasteiger partial charge in [-0.05, 0) is 138 Å². The lowest BCUT2D eigenvalue weighted by Crippen LogP contribution is -2.42. The van der Waals surface area contributed by atoms with Crippen molar-refractivity contribution in [3.63, 3.8) is 0 Å². The number of ether oxygens (including phenoxy) is 1. The monoisotopic (exact) mass is 1780 g/mol. The number of hydroxylamine groups is 6. The summed E-state index contributed by atoms with van der Waals surface area (Å²) < 4.78 is 5.18. The standard InChI is InChI=1S/C18H19NO4.C15H22N2O4.C15H21NO4.C12H21NO5.C12H14O3S.C9H16O3S.C8H14O3S/c20-14-19(23-13-16-9-5-2-6-10-16)12-17(18(21)22)11-15-7-3-1-4-8-15;1-15(2,3)21-14(19)16-12(10-13(18)17-20)9-11-7-5-4-6-8-11;1-12(2)8-14(15(18)19)9-16(11-17)20-10-13-6-4-3-5-7-13;1-7(2)6-8(10(15)16)9(14)13-18-11(17)12(3,4)5;1-9(13)16-8-11(12(14)15)7-10-5-3-2-4-6-10;1-6(2)4-8(9(11)12)5-13-7(3)10;1-5(2)4-7(8(10)11)12-6(3)9/h1-10,14,17H,11-13H2,(H,21,22);4-8,12,20H,9-10H2,1-3H3,(H,16,19)(H,17,18);3-7,11-12,14H,8-10H2,1-2H3,(H,18,19);7-8H,6H2,1-5H3,(H,13,14)(H,15,16);2-6,11H,7-8H2,1H3,(H,14,15);6,8H,4-5H2,1-3H3,(H,11,12);5,7H,4H2,1-3H3,(H,10,11).